The van der Waals surface area contributed by atoms with Crippen LogP contribution in [0.15, 0.2) is 12.8 Å². The van der Waals surface area contributed by atoms with E-state index in [0.717, 1.165) is 19.4 Å². The molecule has 0 saturated heterocycles. The molecule has 0 aromatic heterocycles. The van der Waals surface area contributed by atoms with Gasteiger partial charge in [0.2, 0.25) is 0 Å². The molecule has 11 heavy (non-hydrogen) atoms. The third-order valence-corrected chi connectivity index (χ3v) is 2.34. The van der Waals surface area contributed by atoms with Crippen LogP contribution >= 0.6 is 0 Å². The normalized spacial score (nSPS) is 31.4. The average Bonchev–Trinajstić information content (AvgIpc) is 2.04. The van der Waals surface area contributed by atoms with Crippen LogP contribution in [0.5, 0.6) is 0 Å². The van der Waals surface area contributed by atoms with E-state index in [1.54, 1.807) is 0 Å². The van der Waals surface area contributed by atoms with Gasteiger partial charge in [0.15, 0.2) is 0 Å². The van der Waals surface area contributed by atoms with Crippen molar-refractivity contribution in [2.24, 2.45) is 11.7 Å². The average molecular weight is 155 g/mol. The maximum atomic E-state index is 5.76. The lowest BCUT2D eigenvalue weighted by atomic mass is 9.87. The van der Waals surface area contributed by atoms with Gasteiger partial charge < -0.3 is 10.5 Å². The molecule has 0 aliphatic heterocycles. The van der Waals surface area contributed by atoms with Gasteiger partial charge >= 0.3 is 0 Å². The number of ether oxygens (including phenoxy) is 1. The number of hydrogen-bond donors (Lipinski definition) is 1. The van der Waals surface area contributed by atoms with E-state index in [-0.39, 0.29) is 0 Å². The molecule has 0 unspecified atom stereocenters. The van der Waals surface area contributed by atoms with Crippen LogP contribution in [0.2, 0.25) is 0 Å². The maximum Gasteiger partial charge on any atom is 0.0901 e. The van der Waals surface area contributed by atoms with Crippen LogP contribution in [0.3, 0.4) is 0 Å². The van der Waals surface area contributed by atoms with Gasteiger partial charge in [-0.2, -0.15) is 0 Å². The zero-order chi connectivity index (χ0) is 8.10. The van der Waals surface area contributed by atoms with Gasteiger partial charge in [-0.1, -0.05) is 6.58 Å². The van der Waals surface area contributed by atoms with Gasteiger partial charge in [0.05, 0.1) is 12.9 Å². The van der Waals surface area contributed by atoms with E-state index in [1.807, 2.05) is 0 Å². The molecule has 2 nitrogen and oxygen atoms in total. The van der Waals surface area contributed by atoms with Gasteiger partial charge in [0, 0.05) is 6.04 Å². The smallest absolute Gasteiger partial charge is 0.0901 e. The number of rotatable bonds is 3. The second kappa shape index (κ2) is 4.39. The minimum Gasteiger partial charge on any atom is -0.502 e. The van der Waals surface area contributed by atoms with Gasteiger partial charge in [0.25, 0.3) is 0 Å². The fourth-order valence-electron chi connectivity index (χ4n) is 1.56. The fourth-order valence-corrected chi connectivity index (χ4v) is 1.56. The van der Waals surface area contributed by atoms with Crippen molar-refractivity contribution >= 4 is 0 Å². The van der Waals surface area contributed by atoms with E-state index in [9.17, 15) is 0 Å². The van der Waals surface area contributed by atoms with Crippen molar-refractivity contribution in [3.8, 4) is 0 Å². The van der Waals surface area contributed by atoms with Crippen molar-refractivity contribution < 1.29 is 4.74 Å². The molecular weight excluding hydrogens is 138 g/mol. The minimum atomic E-state index is 0.440. The Bertz CT molecular complexity index is 117. The zero-order valence-corrected chi connectivity index (χ0v) is 6.96. The van der Waals surface area contributed by atoms with Crippen LogP contribution in [-0.4, -0.2) is 12.6 Å². The first kappa shape index (κ1) is 8.60. The van der Waals surface area contributed by atoms with E-state index >= 15 is 0 Å². The van der Waals surface area contributed by atoms with E-state index in [4.69, 9.17) is 10.5 Å². The molecule has 1 fully saturated rings. The minimum absolute atomic E-state index is 0.440. The summed E-state index contributed by atoms with van der Waals surface area (Å²) in [5.41, 5.74) is 5.76. The molecule has 0 aromatic rings. The highest BCUT2D eigenvalue weighted by atomic mass is 16.5. The Balaban J connectivity index is 2.12. The predicted octanol–water partition coefficient (Wildman–Crippen LogP) is 1.66. The van der Waals surface area contributed by atoms with E-state index in [0.29, 0.717) is 12.0 Å². The van der Waals surface area contributed by atoms with Crippen LogP contribution in [0.1, 0.15) is 25.7 Å². The molecule has 2 N–H and O–H groups in total. The Morgan fingerprint density at radius 2 is 2.00 bits per heavy atom. The highest BCUT2D eigenvalue weighted by Crippen LogP contribution is 2.23. The summed E-state index contributed by atoms with van der Waals surface area (Å²) in [4.78, 5) is 0. The summed E-state index contributed by atoms with van der Waals surface area (Å²) in [5.74, 6) is 0.716. The SMILES string of the molecule is C=COC[C@H]1CC[C@H](N)CC1. The molecule has 1 aliphatic rings. The topological polar surface area (TPSA) is 35.2 Å². The first-order valence-corrected chi connectivity index (χ1v) is 4.31. The van der Waals surface area contributed by atoms with Gasteiger partial charge in [0.1, 0.15) is 0 Å². The summed E-state index contributed by atoms with van der Waals surface area (Å²) in [7, 11) is 0. The lowest BCUT2D eigenvalue weighted by Crippen LogP contribution is -2.27. The number of hydrogen-bond acceptors (Lipinski definition) is 2. The van der Waals surface area contributed by atoms with E-state index in [1.165, 1.54) is 19.1 Å². The molecule has 64 valence electrons. The van der Waals surface area contributed by atoms with Crippen molar-refractivity contribution in [1.29, 1.82) is 0 Å². The van der Waals surface area contributed by atoms with Crippen molar-refractivity contribution in [3.05, 3.63) is 12.8 Å². The third kappa shape index (κ3) is 2.93. The van der Waals surface area contributed by atoms with Gasteiger partial charge in [-0.3, -0.25) is 0 Å². The molecular formula is C9H17NO. The molecule has 1 saturated carbocycles. The first-order chi connectivity index (χ1) is 5.33. The number of nitrogens with two attached hydrogens (primary N) is 1. The second-order valence-corrected chi connectivity index (χ2v) is 3.28. The van der Waals surface area contributed by atoms with Crippen LogP contribution < -0.4 is 5.73 Å². The van der Waals surface area contributed by atoms with Gasteiger partial charge in [-0.15, -0.1) is 0 Å². The van der Waals surface area contributed by atoms with Crippen LogP contribution in [-0.2, 0) is 4.74 Å². The highest BCUT2D eigenvalue weighted by Gasteiger charge is 2.18. The lowest BCUT2D eigenvalue weighted by Gasteiger charge is -2.25. The quantitative estimate of drug-likeness (QED) is 0.629. The van der Waals surface area contributed by atoms with Crippen molar-refractivity contribution in [1.82, 2.24) is 0 Å². The molecule has 0 bridgehead atoms. The summed E-state index contributed by atoms with van der Waals surface area (Å²) < 4.78 is 5.13. The first-order valence-electron chi connectivity index (χ1n) is 4.31. The Morgan fingerprint density at radius 1 is 1.36 bits per heavy atom. The molecule has 2 heteroatoms. The third-order valence-electron chi connectivity index (χ3n) is 2.34. The molecule has 0 radical (unpaired) electrons. The summed E-state index contributed by atoms with van der Waals surface area (Å²) in [6.45, 7) is 4.34. The van der Waals surface area contributed by atoms with Crippen molar-refractivity contribution in [2.45, 2.75) is 31.7 Å². The predicted molar refractivity (Wildman–Crippen MR) is 46.1 cm³/mol. The molecule has 0 spiro atoms. The Hall–Kier alpha value is -0.500. The standard InChI is InChI=1S/C9H17NO/c1-2-11-7-8-3-5-9(10)6-4-8/h2,8-9H,1,3-7,10H2/t8-,9-. The molecule has 1 rings (SSSR count). The van der Waals surface area contributed by atoms with Gasteiger partial charge in [-0.25, -0.2) is 0 Å². The summed E-state index contributed by atoms with van der Waals surface area (Å²) in [5, 5.41) is 0. The van der Waals surface area contributed by atoms with Crippen molar-refractivity contribution in [2.75, 3.05) is 6.61 Å². The highest BCUT2D eigenvalue weighted by molar-refractivity contribution is 4.74. The molecule has 0 amide bonds. The van der Waals surface area contributed by atoms with Crippen LogP contribution in [0, 0.1) is 5.92 Å². The maximum absolute atomic E-state index is 5.76. The molecule has 0 heterocycles. The second-order valence-electron chi connectivity index (χ2n) is 3.28. The fraction of sp³-hybridized carbons (Fsp3) is 0.778. The Kier molecular flexibility index (Phi) is 3.43. The van der Waals surface area contributed by atoms with E-state index in [2.05, 4.69) is 6.58 Å². The molecule has 0 atom stereocenters. The zero-order valence-electron chi connectivity index (χ0n) is 6.96. The summed E-state index contributed by atoms with van der Waals surface area (Å²) in [6, 6.07) is 0.440. The Morgan fingerprint density at radius 3 is 2.55 bits per heavy atom. The van der Waals surface area contributed by atoms with Crippen molar-refractivity contribution in [3.63, 3.8) is 0 Å². The molecule has 1 aliphatic carbocycles. The lowest BCUT2D eigenvalue weighted by molar-refractivity contribution is 0.161. The monoisotopic (exact) mass is 155 g/mol. The molecule has 0 aromatic carbocycles. The van der Waals surface area contributed by atoms with Gasteiger partial charge in [-0.05, 0) is 31.6 Å². The Labute approximate surface area is 68.4 Å². The summed E-state index contributed by atoms with van der Waals surface area (Å²) >= 11 is 0. The van der Waals surface area contributed by atoms with E-state index < -0.39 is 0 Å². The van der Waals surface area contributed by atoms with Crippen LogP contribution in [0.25, 0.3) is 0 Å². The largest absolute Gasteiger partial charge is 0.502 e. The van der Waals surface area contributed by atoms with Crippen LogP contribution in [0.4, 0.5) is 0 Å². The summed E-state index contributed by atoms with van der Waals surface area (Å²) in [6.07, 6.45) is 6.27.